The Bertz CT molecular complexity index is 607. The van der Waals surface area contributed by atoms with Crippen molar-refractivity contribution in [1.29, 1.82) is 0 Å². The standard InChI is InChI=1S/C11H15.3C2H4O2.Ti/c1-8-7-10-5-3-4-6-11(10)9(8)2;3*1-2(3)4;/h7H,3-6H2,1-2H3;3*1H3,(H,3,4);/q;;;;+3/p-3. The fraction of sp³-hybridized carbons (Fsp3) is 0.588. The van der Waals surface area contributed by atoms with Gasteiger partial charge in [0.05, 0.1) is 0 Å². The number of allylic oxidation sites excluding steroid dienone is 4. The SMILES string of the molecule is CC(=O)[O][Ti]([O]C(C)=O)([O]C(C)=O)[C]1(C)C(C)=CC2=C1CCCC2. The second-order valence-corrected chi connectivity index (χ2v) is 10.8. The van der Waals surface area contributed by atoms with E-state index in [0.717, 1.165) is 36.8 Å². The van der Waals surface area contributed by atoms with E-state index >= 15 is 0 Å². The van der Waals surface area contributed by atoms with E-state index in [2.05, 4.69) is 6.08 Å². The van der Waals surface area contributed by atoms with Crippen molar-refractivity contribution in [3.8, 4) is 0 Å². The summed E-state index contributed by atoms with van der Waals surface area (Å²) < 4.78 is 15.8. The zero-order valence-electron chi connectivity index (χ0n) is 14.9. The molecule has 2 aliphatic rings. The van der Waals surface area contributed by atoms with Gasteiger partial charge in [-0.1, -0.05) is 0 Å². The van der Waals surface area contributed by atoms with Crippen LogP contribution in [0.4, 0.5) is 0 Å². The van der Waals surface area contributed by atoms with Crippen LogP contribution < -0.4 is 0 Å². The second-order valence-electron chi connectivity index (χ2n) is 6.50. The first-order valence-corrected chi connectivity index (χ1v) is 10.8. The summed E-state index contributed by atoms with van der Waals surface area (Å²) in [6, 6.07) is 0. The molecule has 6 nitrogen and oxygen atoms in total. The summed E-state index contributed by atoms with van der Waals surface area (Å²) in [6.45, 7) is 7.50. The van der Waals surface area contributed by atoms with Crippen molar-refractivity contribution in [3.63, 3.8) is 0 Å². The molecular weight excluding hydrogens is 348 g/mol. The molecule has 1 atom stereocenters. The number of rotatable bonds is 4. The molecule has 0 heterocycles. The Balaban J connectivity index is 2.65. The average Bonchev–Trinajstić information content (AvgIpc) is 2.70. The molecule has 24 heavy (non-hydrogen) atoms. The van der Waals surface area contributed by atoms with Gasteiger partial charge in [-0.15, -0.1) is 0 Å². The zero-order chi connectivity index (χ0) is 18.1. The molecule has 0 aromatic carbocycles. The molecule has 1 unspecified atom stereocenters. The van der Waals surface area contributed by atoms with Gasteiger partial charge in [0.15, 0.2) is 0 Å². The third-order valence-electron chi connectivity index (χ3n) is 4.74. The molecule has 0 saturated carbocycles. The van der Waals surface area contributed by atoms with Crippen LogP contribution in [0.25, 0.3) is 0 Å². The van der Waals surface area contributed by atoms with Crippen molar-refractivity contribution in [3.05, 3.63) is 22.8 Å². The van der Waals surface area contributed by atoms with Gasteiger partial charge in [0.25, 0.3) is 0 Å². The van der Waals surface area contributed by atoms with E-state index in [1.807, 2.05) is 13.8 Å². The van der Waals surface area contributed by atoms with Gasteiger partial charge >= 0.3 is 147 Å². The van der Waals surface area contributed by atoms with Gasteiger partial charge in [-0.2, -0.15) is 0 Å². The molecule has 0 aromatic heterocycles. The minimum absolute atomic E-state index is 0.614. The molecule has 0 aliphatic heterocycles. The summed E-state index contributed by atoms with van der Waals surface area (Å²) in [5.41, 5.74) is 3.18. The maximum absolute atomic E-state index is 11.8. The Morgan fingerprint density at radius 2 is 1.42 bits per heavy atom. The van der Waals surface area contributed by atoms with Gasteiger partial charge in [-0.3, -0.25) is 0 Å². The van der Waals surface area contributed by atoms with Crippen molar-refractivity contribution in [2.45, 2.75) is 64.0 Å². The van der Waals surface area contributed by atoms with Crippen molar-refractivity contribution >= 4 is 17.9 Å². The number of hydrogen-bond donors (Lipinski definition) is 0. The Kier molecular flexibility index (Phi) is 5.40. The average molecular weight is 372 g/mol. The van der Waals surface area contributed by atoms with Crippen LogP contribution in [0.3, 0.4) is 0 Å². The fourth-order valence-electron chi connectivity index (χ4n) is 3.67. The quantitative estimate of drug-likeness (QED) is 0.702. The predicted molar refractivity (Wildman–Crippen MR) is 82.9 cm³/mol. The van der Waals surface area contributed by atoms with Crippen molar-refractivity contribution < 1.29 is 42.1 Å². The molecule has 0 bridgehead atoms. The third kappa shape index (κ3) is 3.22. The molecule has 7 heteroatoms. The monoisotopic (exact) mass is 372 g/mol. The topological polar surface area (TPSA) is 78.9 Å². The molecule has 2 aliphatic carbocycles. The molecular formula is C17H24O6Ti. The van der Waals surface area contributed by atoms with Crippen LogP contribution in [-0.2, 0) is 42.1 Å². The van der Waals surface area contributed by atoms with Crippen LogP contribution in [0, 0.1) is 0 Å². The van der Waals surface area contributed by atoms with Crippen LogP contribution in [0.2, 0.25) is 3.72 Å². The Hall–Kier alpha value is -1.40. The molecule has 0 radical (unpaired) electrons. The number of carbonyl (C=O) groups excluding carboxylic acids is 3. The first-order chi connectivity index (χ1) is 11.1. The fourth-order valence-corrected chi connectivity index (χ4v) is 8.48. The van der Waals surface area contributed by atoms with Crippen LogP contribution in [0.1, 0.15) is 60.3 Å². The van der Waals surface area contributed by atoms with Gasteiger partial charge in [0.2, 0.25) is 0 Å². The summed E-state index contributed by atoms with van der Waals surface area (Å²) in [4.78, 5) is 35.4. The first-order valence-electron chi connectivity index (χ1n) is 8.12. The first kappa shape index (κ1) is 18.9. The molecule has 0 amide bonds. The van der Waals surface area contributed by atoms with E-state index in [4.69, 9.17) is 9.96 Å². The summed E-state index contributed by atoms with van der Waals surface area (Å²) in [5.74, 6) is -1.84. The molecule has 0 saturated heterocycles. The van der Waals surface area contributed by atoms with E-state index in [9.17, 15) is 14.4 Å². The van der Waals surface area contributed by atoms with E-state index in [1.54, 1.807) is 0 Å². The maximum atomic E-state index is 11.8. The normalized spacial score (nSPS) is 23.3. The summed E-state index contributed by atoms with van der Waals surface area (Å²) >= 11 is -4.68. The van der Waals surface area contributed by atoms with Crippen LogP contribution in [0.5, 0.6) is 0 Å². The van der Waals surface area contributed by atoms with E-state index in [0.29, 0.717) is 0 Å². The Morgan fingerprint density at radius 1 is 0.958 bits per heavy atom. The predicted octanol–water partition coefficient (Wildman–Crippen LogP) is 3.58. The molecule has 0 aromatic rings. The zero-order valence-corrected chi connectivity index (χ0v) is 16.4. The van der Waals surface area contributed by atoms with E-state index in [-0.39, 0.29) is 0 Å². The Morgan fingerprint density at radius 3 is 1.88 bits per heavy atom. The van der Waals surface area contributed by atoms with Gasteiger partial charge in [0, 0.05) is 0 Å². The molecule has 0 N–H and O–H groups in total. The summed E-state index contributed by atoms with van der Waals surface area (Å²) in [7, 11) is 0. The van der Waals surface area contributed by atoms with Gasteiger partial charge in [-0.05, 0) is 0 Å². The van der Waals surface area contributed by atoms with E-state index in [1.165, 1.54) is 26.3 Å². The minimum atomic E-state index is -4.68. The third-order valence-corrected chi connectivity index (χ3v) is 10.3. The summed E-state index contributed by atoms with van der Waals surface area (Å²) in [5, 5.41) is 0. The molecule has 2 rings (SSSR count). The molecule has 0 fully saturated rings. The van der Waals surface area contributed by atoms with Gasteiger partial charge in [0.1, 0.15) is 0 Å². The number of carbonyl (C=O) groups is 3. The van der Waals surface area contributed by atoms with Crippen molar-refractivity contribution in [2.75, 3.05) is 0 Å². The Labute approximate surface area is 147 Å². The van der Waals surface area contributed by atoms with Gasteiger partial charge < -0.3 is 0 Å². The molecule has 0 spiro atoms. The van der Waals surface area contributed by atoms with Crippen LogP contribution in [0.15, 0.2) is 22.8 Å². The second kappa shape index (κ2) is 6.85. The summed E-state index contributed by atoms with van der Waals surface area (Å²) in [6.07, 6.45) is 5.91. The molecule has 132 valence electrons. The van der Waals surface area contributed by atoms with Crippen molar-refractivity contribution in [2.24, 2.45) is 0 Å². The van der Waals surface area contributed by atoms with Crippen LogP contribution >= 0.6 is 0 Å². The van der Waals surface area contributed by atoms with Gasteiger partial charge in [-0.25, -0.2) is 0 Å². The number of hydrogen-bond acceptors (Lipinski definition) is 6. The van der Waals surface area contributed by atoms with E-state index < -0.39 is 39.4 Å². The van der Waals surface area contributed by atoms with Crippen molar-refractivity contribution in [1.82, 2.24) is 0 Å². The van der Waals surface area contributed by atoms with Crippen LogP contribution in [-0.4, -0.2) is 17.9 Å².